The zero-order valence-electron chi connectivity index (χ0n) is 7.83. The average Bonchev–Trinajstić information content (AvgIpc) is 2.53. The standard InChI is InChI=1S/C8H12N4O2/c1-8(4-14-5-8)11-7(13)10-6-2-3-9-12-6/h2-3H,4-5H2,1H3,(H3,9,10,11,12,13). The van der Waals surface area contributed by atoms with E-state index in [-0.39, 0.29) is 11.6 Å². The van der Waals surface area contributed by atoms with Crippen LogP contribution in [0.2, 0.25) is 0 Å². The topological polar surface area (TPSA) is 79.0 Å². The summed E-state index contributed by atoms with van der Waals surface area (Å²) in [4.78, 5) is 11.4. The Kier molecular flexibility index (Phi) is 2.12. The van der Waals surface area contributed by atoms with E-state index in [9.17, 15) is 4.79 Å². The van der Waals surface area contributed by atoms with Gasteiger partial charge in [0, 0.05) is 6.07 Å². The summed E-state index contributed by atoms with van der Waals surface area (Å²) >= 11 is 0. The van der Waals surface area contributed by atoms with Gasteiger partial charge < -0.3 is 10.1 Å². The Bertz CT molecular complexity index is 318. The van der Waals surface area contributed by atoms with Gasteiger partial charge in [-0.05, 0) is 6.92 Å². The van der Waals surface area contributed by atoms with Gasteiger partial charge >= 0.3 is 6.03 Å². The van der Waals surface area contributed by atoms with Crippen LogP contribution >= 0.6 is 0 Å². The maximum absolute atomic E-state index is 11.4. The Morgan fingerprint density at radius 1 is 1.71 bits per heavy atom. The second-order valence-corrected chi connectivity index (χ2v) is 3.60. The Hall–Kier alpha value is -1.56. The summed E-state index contributed by atoms with van der Waals surface area (Å²) in [6.07, 6.45) is 1.57. The van der Waals surface area contributed by atoms with Crippen LogP contribution in [0.15, 0.2) is 12.3 Å². The van der Waals surface area contributed by atoms with Crippen molar-refractivity contribution in [3.05, 3.63) is 12.3 Å². The van der Waals surface area contributed by atoms with E-state index < -0.39 is 0 Å². The quantitative estimate of drug-likeness (QED) is 0.637. The van der Waals surface area contributed by atoms with E-state index in [1.54, 1.807) is 12.3 Å². The largest absolute Gasteiger partial charge is 0.376 e. The molecule has 6 heteroatoms. The summed E-state index contributed by atoms with van der Waals surface area (Å²) in [6, 6.07) is 1.43. The number of amides is 2. The van der Waals surface area contributed by atoms with Crippen molar-refractivity contribution in [1.82, 2.24) is 15.5 Å². The number of hydrogen-bond donors (Lipinski definition) is 3. The number of nitrogens with zero attached hydrogens (tertiary/aromatic N) is 1. The maximum Gasteiger partial charge on any atom is 0.320 e. The molecule has 2 heterocycles. The summed E-state index contributed by atoms with van der Waals surface area (Å²) in [7, 11) is 0. The van der Waals surface area contributed by atoms with E-state index in [4.69, 9.17) is 4.74 Å². The highest BCUT2D eigenvalue weighted by atomic mass is 16.5. The number of rotatable bonds is 2. The highest BCUT2D eigenvalue weighted by Gasteiger charge is 2.34. The minimum absolute atomic E-state index is 0.232. The Morgan fingerprint density at radius 3 is 3.00 bits per heavy atom. The van der Waals surface area contributed by atoms with Crippen LogP contribution in [0.25, 0.3) is 0 Å². The van der Waals surface area contributed by atoms with Gasteiger partial charge in [-0.15, -0.1) is 0 Å². The fourth-order valence-corrected chi connectivity index (χ4v) is 1.23. The van der Waals surface area contributed by atoms with Crippen molar-refractivity contribution in [1.29, 1.82) is 0 Å². The second-order valence-electron chi connectivity index (χ2n) is 3.60. The van der Waals surface area contributed by atoms with Crippen LogP contribution in [0.3, 0.4) is 0 Å². The molecule has 14 heavy (non-hydrogen) atoms. The molecule has 76 valence electrons. The Labute approximate surface area is 81.0 Å². The van der Waals surface area contributed by atoms with E-state index in [2.05, 4.69) is 20.8 Å². The molecule has 2 rings (SSSR count). The van der Waals surface area contributed by atoms with Crippen molar-refractivity contribution in [3.63, 3.8) is 0 Å². The van der Waals surface area contributed by atoms with Crippen molar-refractivity contribution in [3.8, 4) is 0 Å². The number of aromatic amines is 1. The summed E-state index contributed by atoms with van der Waals surface area (Å²) < 4.78 is 5.01. The minimum Gasteiger partial charge on any atom is -0.376 e. The number of nitrogens with one attached hydrogen (secondary N) is 3. The van der Waals surface area contributed by atoms with Crippen molar-refractivity contribution >= 4 is 11.8 Å². The van der Waals surface area contributed by atoms with Gasteiger partial charge in [0.05, 0.1) is 24.9 Å². The number of ether oxygens (including phenoxy) is 1. The molecule has 0 aliphatic carbocycles. The first-order chi connectivity index (χ1) is 6.68. The Balaban J connectivity index is 1.84. The van der Waals surface area contributed by atoms with E-state index in [1.807, 2.05) is 6.92 Å². The first-order valence-corrected chi connectivity index (χ1v) is 4.34. The van der Waals surface area contributed by atoms with Gasteiger partial charge in [-0.2, -0.15) is 5.10 Å². The number of carbonyl (C=O) groups is 1. The van der Waals surface area contributed by atoms with Crippen LogP contribution in [-0.2, 0) is 4.74 Å². The van der Waals surface area contributed by atoms with Crippen molar-refractivity contribution < 1.29 is 9.53 Å². The first kappa shape index (κ1) is 9.01. The van der Waals surface area contributed by atoms with E-state index in [0.29, 0.717) is 19.0 Å². The molecular formula is C8H12N4O2. The zero-order chi connectivity index (χ0) is 10.0. The highest BCUT2D eigenvalue weighted by Crippen LogP contribution is 2.15. The molecule has 6 nitrogen and oxygen atoms in total. The summed E-state index contributed by atoms with van der Waals surface area (Å²) in [5, 5.41) is 11.8. The van der Waals surface area contributed by atoms with Gasteiger partial charge in [0.15, 0.2) is 0 Å². The maximum atomic E-state index is 11.4. The highest BCUT2D eigenvalue weighted by molar-refractivity contribution is 5.88. The first-order valence-electron chi connectivity index (χ1n) is 4.34. The summed E-state index contributed by atoms with van der Waals surface area (Å²) in [6.45, 7) is 3.05. The van der Waals surface area contributed by atoms with Crippen molar-refractivity contribution in [2.24, 2.45) is 0 Å². The molecule has 0 bridgehead atoms. The average molecular weight is 196 g/mol. The fraction of sp³-hybridized carbons (Fsp3) is 0.500. The molecule has 1 aliphatic heterocycles. The predicted molar refractivity (Wildman–Crippen MR) is 50.0 cm³/mol. The molecule has 3 N–H and O–H groups in total. The van der Waals surface area contributed by atoms with Gasteiger partial charge in [-0.25, -0.2) is 4.79 Å². The lowest BCUT2D eigenvalue weighted by atomic mass is 10.0. The molecule has 1 aromatic heterocycles. The van der Waals surface area contributed by atoms with Crippen molar-refractivity contribution in [2.45, 2.75) is 12.5 Å². The van der Waals surface area contributed by atoms with Crippen molar-refractivity contribution in [2.75, 3.05) is 18.5 Å². The molecule has 2 amide bonds. The summed E-state index contributed by atoms with van der Waals surface area (Å²) in [5.41, 5.74) is -0.232. The van der Waals surface area contributed by atoms with Gasteiger partial charge in [0.2, 0.25) is 0 Å². The van der Waals surface area contributed by atoms with Crippen LogP contribution in [0.1, 0.15) is 6.92 Å². The number of hydrogen-bond acceptors (Lipinski definition) is 3. The van der Waals surface area contributed by atoms with E-state index in [0.717, 1.165) is 0 Å². The number of anilines is 1. The Morgan fingerprint density at radius 2 is 2.50 bits per heavy atom. The normalized spacial score (nSPS) is 18.4. The molecule has 0 saturated carbocycles. The van der Waals surface area contributed by atoms with E-state index in [1.165, 1.54) is 0 Å². The predicted octanol–water partition coefficient (Wildman–Crippen LogP) is 0.320. The van der Waals surface area contributed by atoms with Crippen LogP contribution < -0.4 is 10.6 Å². The lowest BCUT2D eigenvalue weighted by Crippen LogP contribution is -2.60. The molecule has 0 atom stereocenters. The lowest BCUT2D eigenvalue weighted by Gasteiger charge is -2.38. The molecule has 1 saturated heterocycles. The fourth-order valence-electron chi connectivity index (χ4n) is 1.23. The number of urea groups is 1. The van der Waals surface area contributed by atoms with Gasteiger partial charge in [-0.3, -0.25) is 10.4 Å². The SMILES string of the molecule is CC1(NC(=O)Nc2ccn[nH]2)COC1. The number of H-pyrrole nitrogens is 1. The molecule has 0 aromatic carbocycles. The van der Waals surface area contributed by atoms with E-state index >= 15 is 0 Å². The molecule has 0 radical (unpaired) electrons. The molecule has 0 unspecified atom stereocenters. The molecule has 1 fully saturated rings. The smallest absolute Gasteiger partial charge is 0.320 e. The third-order valence-electron chi connectivity index (χ3n) is 2.01. The third-order valence-corrected chi connectivity index (χ3v) is 2.01. The molecular weight excluding hydrogens is 184 g/mol. The lowest BCUT2D eigenvalue weighted by molar-refractivity contribution is -0.0567. The van der Waals surface area contributed by atoms with Crippen LogP contribution in [0, 0.1) is 0 Å². The van der Waals surface area contributed by atoms with Gasteiger partial charge in [-0.1, -0.05) is 0 Å². The number of aromatic nitrogens is 2. The monoisotopic (exact) mass is 196 g/mol. The molecule has 1 aromatic rings. The van der Waals surface area contributed by atoms with Crippen LogP contribution in [0.4, 0.5) is 10.6 Å². The third kappa shape index (κ3) is 1.85. The molecule has 0 spiro atoms. The minimum atomic E-state index is -0.250. The van der Waals surface area contributed by atoms with Gasteiger partial charge in [0.25, 0.3) is 0 Å². The van der Waals surface area contributed by atoms with Crippen LogP contribution in [0.5, 0.6) is 0 Å². The second kappa shape index (κ2) is 3.30. The van der Waals surface area contributed by atoms with Crippen LogP contribution in [-0.4, -0.2) is 35.0 Å². The van der Waals surface area contributed by atoms with Gasteiger partial charge in [0.1, 0.15) is 5.82 Å². The zero-order valence-corrected chi connectivity index (χ0v) is 7.83. The number of carbonyl (C=O) groups excluding carboxylic acids is 1. The molecule has 1 aliphatic rings. The summed E-state index contributed by atoms with van der Waals surface area (Å²) in [5.74, 6) is 0.575.